The normalized spacial score (nSPS) is 23.7. The molecule has 0 spiro atoms. The molecule has 2 heterocycles. The fourth-order valence-electron chi connectivity index (χ4n) is 1.44. The number of amidine groups is 1. The van der Waals surface area contributed by atoms with Crippen LogP contribution in [0.15, 0.2) is 33.8 Å². The van der Waals surface area contributed by atoms with Gasteiger partial charge in [0.1, 0.15) is 11.9 Å². The largest absolute Gasteiger partial charge is 1.00 e. The molecule has 76 valence electrons. The number of hydrogen-bond donors (Lipinski definition) is 1. The van der Waals surface area contributed by atoms with Crippen LogP contribution in [0.3, 0.4) is 0 Å². The summed E-state index contributed by atoms with van der Waals surface area (Å²) in [6.45, 7) is 4.32. The first-order valence-corrected chi connectivity index (χ1v) is 5.34. The summed E-state index contributed by atoms with van der Waals surface area (Å²) >= 11 is 2.27. The van der Waals surface area contributed by atoms with E-state index in [1.807, 2.05) is 18.6 Å². The van der Waals surface area contributed by atoms with Crippen LogP contribution in [0.2, 0.25) is 0 Å². The first-order valence-electron chi connectivity index (χ1n) is 4.26. The summed E-state index contributed by atoms with van der Waals surface area (Å²) in [6.07, 6.45) is 5.74. The lowest BCUT2D eigenvalue weighted by Gasteiger charge is -2.09. The van der Waals surface area contributed by atoms with Crippen LogP contribution in [-0.2, 0) is 0 Å². The van der Waals surface area contributed by atoms with Crippen molar-refractivity contribution in [1.29, 1.82) is 0 Å². The lowest BCUT2D eigenvalue weighted by Crippen LogP contribution is -3.07. The summed E-state index contributed by atoms with van der Waals surface area (Å²) in [5, 5.41) is 0. The summed E-state index contributed by atoms with van der Waals surface area (Å²) in [5.41, 5.74) is 2.36. The van der Waals surface area contributed by atoms with Crippen molar-refractivity contribution in [1.82, 2.24) is 0 Å². The van der Waals surface area contributed by atoms with E-state index in [1.165, 1.54) is 10.6 Å². The van der Waals surface area contributed by atoms with Gasteiger partial charge in [0.2, 0.25) is 0 Å². The van der Waals surface area contributed by atoms with E-state index in [1.54, 1.807) is 0 Å². The number of fused-ring (bicyclic) bond motifs is 1. The van der Waals surface area contributed by atoms with Gasteiger partial charge in [-0.3, -0.25) is 4.99 Å². The van der Waals surface area contributed by atoms with Crippen LogP contribution >= 0.6 is 22.6 Å². The molecule has 2 aliphatic rings. The number of nitrogens with one attached hydrogen (secondary N) is 1. The number of allylic oxidation sites excluding steroid dienone is 2. The zero-order valence-electron chi connectivity index (χ0n) is 7.96. The molecule has 5 heteroatoms. The van der Waals surface area contributed by atoms with Gasteiger partial charge in [-0.2, -0.15) is 4.99 Å². The molecular formula is C9H11ClIN3. The van der Waals surface area contributed by atoms with Gasteiger partial charge in [0.25, 0.3) is 3.84 Å². The highest BCUT2D eigenvalue weighted by Gasteiger charge is 2.30. The Morgan fingerprint density at radius 3 is 2.79 bits per heavy atom. The third-order valence-electron chi connectivity index (χ3n) is 2.08. The highest BCUT2D eigenvalue weighted by molar-refractivity contribution is 14.1. The molecule has 0 aliphatic carbocycles. The summed E-state index contributed by atoms with van der Waals surface area (Å²) in [4.78, 5) is 9.88. The molecule has 0 aromatic rings. The molecule has 0 aromatic carbocycles. The molecule has 0 saturated carbocycles. The maximum atomic E-state index is 4.54. The second-order valence-corrected chi connectivity index (χ2v) is 4.39. The predicted molar refractivity (Wildman–Crippen MR) is 61.9 cm³/mol. The van der Waals surface area contributed by atoms with Gasteiger partial charge < -0.3 is 12.4 Å². The summed E-state index contributed by atoms with van der Waals surface area (Å²) in [6, 6.07) is 0. The highest BCUT2D eigenvalue weighted by atomic mass is 127. The number of halogens is 2. The van der Waals surface area contributed by atoms with E-state index in [2.05, 4.69) is 46.4 Å². The Morgan fingerprint density at radius 1 is 1.43 bits per heavy atom. The smallest absolute Gasteiger partial charge is 0.272 e. The first-order chi connectivity index (χ1) is 6.20. The predicted octanol–water partition coefficient (Wildman–Crippen LogP) is -1.90. The van der Waals surface area contributed by atoms with Gasteiger partial charge >= 0.3 is 0 Å². The maximum Gasteiger partial charge on any atom is 0.272 e. The van der Waals surface area contributed by atoms with Crippen molar-refractivity contribution in [3.05, 3.63) is 23.8 Å². The summed E-state index contributed by atoms with van der Waals surface area (Å²) < 4.78 is 1.08. The third kappa shape index (κ3) is 1.92. The molecule has 1 unspecified atom stereocenters. The molecule has 0 saturated heterocycles. The zero-order chi connectivity index (χ0) is 9.42. The minimum atomic E-state index is 0. The van der Waals surface area contributed by atoms with E-state index in [0.29, 0.717) is 5.92 Å². The van der Waals surface area contributed by atoms with Crippen molar-refractivity contribution < 1.29 is 17.3 Å². The standard InChI is InChI=1S/C9H10IN3.ClH/c1-6(2)8-7-5-11-3-4-13(7)9(10)12-8;/h3-6H,1-2H3;1H. The second kappa shape index (κ2) is 4.55. The lowest BCUT2D eigenvalue weighted by molar-refractivity contribution is -0.684. The molecule has 1 atom stereocenters. The van der Waals surface area contributed by atoms with Gasteiger partial charge in [-0.15, -0.1) is 0 Å². The molecule has 0 aromatic heterocycles. The Labute approximate surface area is 103 Å². The SMILES string of the molecule is CC(C)C1=C2C=NC=C[NH+]2C(I)=N1.[Cl-]. The van der Waals surface area contributed by atoms with Gasteiger partial charge in [-0.05, 0) is 0 Å². The first kappa shape index (κ1) is 11.9. The average Bonchev–Trinajstić information content (AvgIpc) is 2.45. The monoisotopic (exact) mass is 323 g/mol. The molecule has 0 amide bonds. The van der Waals surface area contributed by atoms with Crippen LogP contribution in [0.4, 0.5) is 0 Å². The van der Waals surface area contributed by atoms with Crippen molar-refractivity contribution >= 4 is 32.6 Å². The number of quaternary nitrogens is 1. The number of nitrogens with zero attached hydrogens (tertiary/aromatic N) is 2. The van der Waals surface area contributed by atoms with Crippen LogP contribution in [0.5, 0.6) is 0 Å². The van der Waals surface area contributed by atoms with E-state index in [-0.39, 0.29) is 12.4 Å². The quantitative estimate of drug-likeness (QED) is 0.432. The van der Waals surface area contributed by atoms with Crippen LogP contribution < -0.4 is 17.3 Å². The van der Waals surface area contributed by atoms with Crippen LogP contribution in [0.1, 0.15) is 13.8 Å². The third-order valence-corrected chi connectivity index (χ3v) is 2.91. The average molecular weight is 324 g/mol. The lowest BCUT2D eigenvalue weighted by atomic mass is 10.1. The Morgan fingerprint density at radius 2 is 2.14 bits per heavy atom. The van der Waals surface area contributed by atoms with Crippen LogP contribution in [-0.4, -0.2) is 10.1 Å². The van der Waals surface area contributed by atoms with Crippen molar-refractivity contribution in [2.24, 2.45) is 15.9 Å². The van der Waals surface area contributed by atoms with Gasteiger partial charge in [0, 0.05) is 5.92 Å². The Kier molecular flexibility index (Phi) is 3.86. The molecule has 2 aliphatic heterocycles. The molecule has 1 N–H and O–H groups in total. The Hall–Kier alpha value is -0.200. The molecule has 0 radical (unpaired) electrons. The minimum Gasteiger partial charge on any atom is -1.00 e. The van der Waals surface area contributed by atoms with Crippen molar-refractivity contribution in [3.63, 3.8) is 0 Å². The van der Waals surface area contributed by atoms with Gasteiger partial charge in [0.15, 0.2) is 5.70 Å². The van der Waals surface area contributed by atoms with E-state index in [9.17, 15) is 0 Å². The maximum absolute atomic E-state index is 4.54. The number of aliphatic imine (C=N–C) groups is 2. The summed E-state index contributed by atoms with van der Waals surface area (Å²) in [7, 11) is 0. The fraction of sp³-hybridized carbons (Fsp3) is 0.333. The molecule has 3 nitrogen and oxygen atoms in total. The van der Waals surface area contributed by atoms with E-state index < -0.39 is 0 Å². The molecular weight excluding hydrogens is 312 g/mol. The molecule has 14 heavy (non-hydrogen) atoms. The molecule has 0 fully saturated rings. The molecule has 2 rings (SSSR count). The number of rotatable bonds is 1. The minimum absolute atomic E-state index is 0. The van der Waals surface area contributed by atoms with E-state index in [0.717, 1.165) is 9.54 Å². The van der Waals surface area contributed by atoms with Crippen molar-refractivity contribution in [2.45, 2.75) is 13.8 Å². The van der Waals surface area contributed by atoms with E-state index >= 15 is 0 Å². The van der Waals surface area contributed by atoms with E-state index in [4.69, 9.17) is 0 Å². The van der Waals surface area contributed by atoms with Crippen LogP contribution in [0.25, 0.3) is 0 Å². The zero-order valence-corrected chi connectivity index (χ0v) is 10.9. The highest BCUT2D eigenvalue weighted by Crippen LogP contribution is 2.18. The number of hydrogen-bond acceptors (Lipinski definition) is 2. The Balaban J connectivity index is 0.000000980. The van der Waals surface area contributed by atoms with Crippen molar-refractivity contribution in [2.75, 3.05) is 0 Å². The molecule has 0 bridgehead atoms. The summed E-state index contributed by atoms with van der Waals surface area (Å²) in [5.74, 6) is 0.468. The topological polar surface area (TPSA) is 29.2 Å². The van der Waals surface area contributed by atoms with Gasteiger partial charge in [-0.1, -0.05) is 13.8 Å². The second-order valence-electron chi connectivity index (χ2n) is 3.36. The van der Waals surface area contributed by atoms with Crippen LogP contribution in [0, 0.1) is 5.92 Å². The Bertz CT molecular complexity index is 355. The van der Waals surface area contributed by atoms with Gasteiger partial charge in [-0.25, -0.2) is 4.90 Å². The van der Waals surface area contributed by atoms with Crippen molar-refractivity contribution in [3.8, 4) is 0 Å². The fourth-order valence-corrected chi connectivity index (χ4v) is 2.17. The van der Waals surface area contributed by atoms with Gasteiger partial charge in [0.05, 0.1) is 35.0 Å².